The third-order valence-corrected chi connectivity index (χ3v) is 5.88. The van der Waals surface area contributed by atoms with Crippen molar-refractivity contribution in [3.05, 3.63) is 23.8 Å². The second-order valence-corrected chi connectivity index (χ2v) is 7.76. The number of aromatic nitrogens is 2. The van der Waals surface area contributed by atoms with Crippen molar-refractivity contribution in [1.29, 1.82) is 0 Å². The molecule has 0 radical (unpaired) electrons. The summed E-state index contributed by atoms with van der Waals surface area (Å²) in [4.78, 5) is 19.3. The molecule has 1 atom stereocenters. The molecule has 140 valence electrons. The van der Waals surface area contributed by atoms with Crippen molar-refractivity contribution in [3.8, 4) is 0 Å². The summed E-state index contributed by atoms with van der Waals surface area (Å²) in [5, 5.41) is 12.8. The number of carbonyl (C=O) groups is 1. The molecule has 2 aromatic rings. The summed E-state index contributed by atoms with van der Waals surface area (Å²) in [5.74, 6) is 1.62. The number of aryl methyl sites for hydroxylation is 1. The van der Waals surface area contributed by atoms with E-state index in [1.165, 1.54) is 25.7 Å². The standard InChI is InChI=1S/C20H28N4O2/c1-23-18-7-6-15(19(26)21-10-8-14-4-2-3-5-14)12-17(18)22-20(23)24-11-9-16(25)13-24/h6-7,12,14,16,25H,2-5,8-11,13H2,1H3,(H,21,26)/t16-/m0/s1. The lowest BCUT2D eigenvalue weighted by Crippen LogP contribution is -2.25. The number of nitrogens with one attached hydrogen (secondary N) is 1. The van der Waals surface area contributed by atoms with Gasteiger partial charge in [0.25, 0.3) is 5.91 Å². The van der Waals surface area contributed by atoms with Crippen molar-refractivity contribution in [1.82, 2.24) is 14.9 Å². The van der Waals surface area contributed by atoms with Crippen LogP contribution in [-0.4, -0.2) is 46.3 Å². The van der Waals surface area contributed by atoms with Crippen LogP contribution in [0.4, 0.5) is 5.95 Å². The number of hydrogen-bond acceptors (Lipinski definition) is 4. The maximum absolute atomic E-state index is 12.5. The first-order valence-corrected chi connectivity index (χ1v) is 9.79. The third kappa shape index (κ3) is 3.43. The summed E-state index contributed by atoms with van der Waals surface area (Å²) in [6.07, 6.45) is 6.87. The molecule has 6 nitrogen and oxygen atoms in total. The highest BCUT2D eigenvalue weighted by Crippen LogP contribution is 2.27. The topological polar surface area (TPSA) is 70.4 Å². The Morgan fingerprint density at radius 1 is 1.31 bits per heavy atom. The lowest BCUT2D eigenvalue weighted by molar-refractivity contribution is 0.0951. The van der Waals surface area contributed by atoms with Crippen molar-refractivity contribution in [2.75, 3.05) is 24.5 Å². The molecule has 6 heteroatoms. The number of hydrogen-bond donors (Lipinski definition) is 2. The van der Waals surface area contributed by atoms with Gasteiger partial charge in [-0.05, 0) is 37.0 Å². The monoisotopic (exact) mass is 356 g/mol. The van der Waals surface area contributed by atoms with E-state index in [0.717, 1.165) is 48.8 Å². The molecule has 2 fully saturated rings. The zero-order valence-corrected chi connectivity index (χ0v) is 15.4. The van der Waals surface area contributed by atoms with E-state index in [-0.39, 0.29) is 12.0 Å². The van der Waals surface area contributed by atoms with Crippen LogP contribution in [0.3, 0.4) is 0 Å². The van der Waals surface area contributed by atoms with Gasteiger partial charge in [0.05, 0.1) is 17.1 Å². The highest BCUT2D eigenvalue weighted by atomic mass is 16.3. The zero-order valence-electron chi connectivity index (χ0n) is 15.4. The molecular weight excluding hydrogens is 328 g/mol. The van der Waals surface area contributed by atoms with Crippen molar-refractivity contribution in [3.63, 3.8) is 0 Å². The van der Waals surface area contributed by atoms with E-state index in [0.29, 0.717) is 12.1 Å². The van der Waals surface area contributed by atoms with Crippen LogP contribution in [0.1, 0.15) is 48.9 Å². The zero-order chi connectivity index (χ0) is 18.1. The molecule has 0 unspecified atom stereocenters. The molecule has 1 aromatic carbocycles. The number of aliphatic hydroxyl groups excluding tert-OH is 1. The Labute approximate surface area is 154 Å². The Morgan fingerprint density at radius 3 is 2.85 bits per heavy atom. The smallest absolute Gasteiger partial charge is 0.251 e. The lowest BCUT2D eigenvalue weighted by atomic mass is 10.0. The number of anilines is 1. The van der Waals surface area contributed by atoms with Crippen LogP contribution in [0.25, 0.3) is 11.0 Å². The van der Waals surface area contributed by atoms with Crippen LogP contribution in [0.5, 0.6) is 0 Å². The fourth-order valence-electron chi connectivity index (χ4n) is 4.33. The maximum atomic E-state index is 12.5. The van der Waals surface area contributed by atoms with Crippen molar-refractivity contribution in [2.45, 2.75) is 44.6 Å². The summed E-state index contributed by atoms with van der Waals surface area (Å²) < 4.78 is 2.04. The largest absolute Gasteiger partial charge is 0.391 e. The molecule has 1 aliphatic carbocycles. The Hall–Kier alpha value is -2.08. The molecule has 26 heavy (non-hydrogen) atoms. The van der Waals surface area contributed by atoms with Crippen molar-refractivity contribution < 1.29 is 9.90 Å². The number of imidazole rings is 1. The predicted molar refractivity (Wildman–Crippen MR) is 102 cm³/mol. The van der Waals surface area contributed by atoms with Gasteiger partial charge in [-0.25, -0.2) is 4.98 Å². The summed E-state index contributed by atoms with van der Waals surface area (Å²) in [7, 11) is 1.98. The van der Waals surface area contributed by atoms with E-state index in [2.05, 4.69) is 10.2 Å². The first-order chi connectivity index (χ1) is 12.6. The number of aliphatic hydroxyl groups is 1. The Kier molecular flexibility index (Phi) is 4.85. The van der Waals surface area contributed by atoms with Gasteiger partial charge in [0.1, 0.15) is 0 Å². The minimum absolute atomic E-state index is 0.0197. The molecule has 1 saturated heterocycles. The normalized spacial score (nSPS) is 21.0. The van der Waals surface area contributed by atoms with E-state index in [1.807, 2.05) is 29.8 Å². The van der Waals surface area contributed by atoms with E-state index in [9.17, 15) is 9.90 Å². The molecular formula is C20H28N4O2. The van der Waals surface area contributed by atoms with Gasteiger partial charge in [-0.15, -0.1) is 0 Å². The lowest BCUT2D eigenvalue weighted by Gasteiger charge is -2.16. The van der Waals surface area contributed by atoms with Gasteiger partial charge in [0, 0.05) is 32.2 Å². The molecule has 0 spiro atoms. The van der Waals surface area contributed by atoms with Gasteiger partial charge in [-0.2, -0.15) is 0 Å². The summed E-state index contributed by atoms with van der Waals surface area (Å²) in [6.45, 7) is 2.18. The van der Waals surface area contributed by atoms with Crippen LogP contribution in [0.2, 0.25) is 0 Å². The molecule has 2 heterocycles. The average Bonchev–Trinajstić information content (AvgIpc) is 3.36. The highest BCUT2D eigenvalue weighted by Gasteiger charge is 2.24. The van der Waals surface area contributed by atoms with Crippen molar-refractivity contribution >= 4 is 22.9 Å². The van der Waals surface area contributed by atoms with Gasteiger partial charge in [-0.1, -0.05) is 25.7 Å². The van der Waals surface area contributed by atoms with Crippen molar-refractivity contribution in [2.24, 2.45) is 13.0 Å². The van der Waals surface area contributed by atoms with Gasteiger partial charge in [0.15, 0.2) is 0 Å². The van der Waals surface area contributed by atoms with Gasteiger partial charge < -0.3 is 19.9 Å². The van der Waals surface area contributed by atoms with Crippen LogP contribution in [0, 0.1) is 5.92 Å². The van der Waals surface area contributed by atoms with Crippen LogP contribution in [-0.2, 0) is 7.05 Å². The number of rotatable bonds is 5. The Balaban J connectivity index is 1.45. The number of fused-ring (bicyclic) bond motifs is 1. The minimum Gasteiger partial charge on any atom is -0.391 e. The number of carbonyl (C=O) groups excluding carboxylic acids is 1. The van der Waals surface area contributed by atoms with E-state index in [4.69, 9.17) is 4.98 Å². The Morgan fingerprint density at radius 2 is 2.12 bits per heavy atom. The van der Waals surface area contributed by atoms with Crippen LogP contribution >= 0.6 is 0 Å². The maximum Gasteiger partial charge on any atom is 0.251 e. The number of benzene rings is 1. The number of amides is 1. The summed E-state index contributed by atoms with van der Waals surface area (Å²) in [5.41, 5.74) is 2.49. The molecule has 4 rings (SSSR count). The number of nitrogens with zero attached hydrogens (tertiary/aromatic N) is 3. The first kappa shape index (κ1) is 17.3. The predicted octanol–water partition coefficient (Wildman–Crippen LogP) is 2.45. The minimum atomic E-state index is -0.281. The third-order valence-electron chi connectivity index (χ3n) is 5.88. The highest BCUT2D eigenvalue weighted by molar-refractivity contribution is 5.97. The van der Waals surface area contributed by atoms with E-state index in [1.54, 1.807) is 0 Å². The van der Waals surface area contributed by atoms with E-state index < -0.39 is 0 Å². The SMILES string of the molecule is Cn1c(N2CC[C@H](O)C2)nc2cc(C(=O)NCCC3CCCC3)ccc21. The molecule has 2 N–H and O–H groups in total. The van der Waals surface area contributed by atoms with E-state index >= 15 is 0 Å². The van der Waals surface area contributed by atoms with Crippen LogP contribution < -0.4 is 10.2 Å². The fraction of sp³-hybridized carbons (Fsp3) is 0.600. The molecule has 1 aromatic heterocycles. The molecule has 0 bridgehead atoms. The molecule has 1 saturated carbocycles. The quantitative estimate of drug-likeness (QED) is 0.863. The second kappa shape index (κ2) is 7.27. The van der Waals surface area contributed by atoms with Gasteiger partial charge in [-0.3, -0.25) is 4.79 Å². The number of β-amino-alcohol motifs (C(OH)–C–C–N with tert-alkyl or cyclic N) is 1. The summed E-state index contributed by atoms with van der Waals surface area (Å²) >= 11 is 0. The van der Waals surface area contributed by atoms with Gasteiger partial charge >= 0.3 is 0 Å². The molecule has 2 aliphatic rings. The molecule has 1 amide bonds. The first-order valence-electron chi connectivity index (χ1n) is 9.79. The average molecular weight is 356 g/mol. The summed E-state index contributed by atoms with van der Waals surface area (Å²) in [6, 6.07) is 5.71. The Bertz CT molecular complexity index is 794. The fourth-order valence-corrected chi connectivity index (χ4v) is 4.33. The molecule has 1 aliphatic heterocycles. The second-order valence-electron chi connectivity index (χ2n) is 7.76. The van der Waals surface area contributed by atoms with Crippen LogP contribution in [0.15, 0.2) is 18.2 Å². The van der Waals surface area contributed by atoms with Gasteiger partial charge in [0.2, 0.25) is 5.95 Å².